The second-order valence-electron chi connectivity index (χ2n) is 13.7. The van der Waals surface area contributed by atoms with Gasteiger partial charge in [0.25, 0.3) is 5.91 Å². The van der Waals surface area contributed by atoms with Crippen LogP contribution in [-0.2, 0) is 22.4 Å². The fourth-order valence-electron chi connectivity index (χ4n) is 6.83. The van der Waals surface area contributed by atoms with Crippen molar-refractivity contribution in [3.8, 4) is 5.88 Å². The van der Waals surface area contributed by atoms with Crippen LogP contribution in [0.2, 0.25) is 25.7 Å². The van der Waals surface area contributed by atoms with E-state index in [0.29, 0.717) is 67.5 Å². The fraction of sp³-hybridized carbons (Fsp3) is 0.567. The van der Waals surface area contributed by atoms with E-state index in [1.807, 2.05) is 4.57 Å². The first-order chi connectivity index (χ1) is 21.1. The van der Waals surface area contributed by atoms with Crippen LogP contribution in [-0.4, -0.2) is 73.8 Å². The van der Waals surface area contributed by atoms with Crippen LogP contribution < -0.4 is 9.64 Å². The highest BCUT2D eigenvalue weighted by atomic mass is 28.3. The Morgan fingerprint density at radius 3 is 2.49 bits per heavy atom. The Balaban J connectivity index is 1.22. The monoisotopic (exact) mass is 646 g/mol. The van der Waals surface area contributed by atoms with E-state index in [2.05, 4.69) is 34.6 Å². The van der Waals surface area contributed by atoms with E-state index in [0.717, 1.165) is 23.2 Å². The van der Waals surface area contributed by atoms with E-state index in [1.54, 1.807) is 13.0 Å². The Kier molecular flexibility index (Phi) is 7.72. The van der Waals surface area contributed by atoms with Crippen molar-refractivity contribution in [3.63, 3.8) is 0 Å². The highest BCUT2D eigenvalue weighted by Gasteiger charge is 2.63. The van der Waals surface area contributed by atoms with Gasteiger partial charge in [-0.2, -0.15) is 13.2 Å². The predicted octanol–water partition coefficient (Wildman–Crippen LogP) is 5.51. The van der Waals surface area contributed by atoms with Gasteiger partial charge < -0.3 is 19.1 Å². The molecular formula is C30H37F3N6O5Si. The molecule has 3 aromatic heterocycles. The van der Waals surface area contributed by atoms with Crippen LogP contribution in [0.5, 0.6) is 5.88 Å². The van der Waals surface area contributed by atoms with E-state index < -0.39 is 49.0 Å². The summed E-state index contributed by atoms with van der Waals surface area (Å²) >= 11 is 0. The third kappa shape index (κ3) is 5.81. The minimum atomic E-state index is -4.63. The molecule has 1 aliphatic heterocycles. The second-order valence-corrected chi connectivity index (χ2v) is 19.3. The van der Waals surface area contributed by atoms with Gasteiger partial charge in [0.05, 0.1) is 40.2 Å². The summed E-state index contributed by atoms with van der Waals surface area (Å²) in [6.07, 6.45) is 0.317. The number of pyridine rings is 1. The normalized spacial score (nSPS) is 24.4. The van der Waals surface area contributed by atoms with Gasteiger partial charge in [0.15, 0.2) is 0 Å². The van der Waals surface area contributed by atoms with E-state index in [4.69, 9.17) is 9.47 Å². The molecular weight excluding hydrogens is 609 g/mol. The Hall–Kier alpha value is -3.56. The van der Waals surface area contributed by atoms with Crippen molar-refractivity contribution in [3.05, 3.63) is 42.1 Å². The van der Waals surface area contributed by atoms with Crippen LogP contribution in [0.25, 0.3) is 11.0 Å². The van der Waals surface area contributed by atoms with Crippen molar-refractivity contribution in [2.45, 2.75) is 94.9 Å². The Morgan fingerprint density at radius 2 is 1.82 bits per heavy atom. The zero-order valence-electron chi connectivity index (χ0n) is 25.7. The lowest BCUT2D eigenvalue weighted by molar-refractivity contribution is -0.137. The highest BCUT2D eigenvalue weighted by molar-refractivity contribution is 6.76. The second kappa shape index (κ2) is 11.1. The molecule has 3 aromatic rings. The number of fused-ring (bicyclic) bond motifs is 3. The summed E-state index contributed by atoms with van der Waals surface area (Å²) in [4.78, 5) is 41.7. The van der Waals surface area contributed by atoms with Gasteiger partial charge >= 0.3 is 12.2 Å². The van der Waals surface area contributed by atoms with Crippen molar-refractivity contribution in [1.82, 2.24) is 24.4 Å². The molecule has 1 unspecified atom stereocenters. The molecule has 3 fully saturated rings. The number of halogens is 3. The van der Waals surface area contributed by atoms with Gasteiger partial charge in [0.1, 0.15) is 30.9 Å². The third-order valence-corrected chi connectivity index (χ3v) is 10.9. The van der Waals surface area contributed by atoms with E-state index in [1.165, 1.54) is 11.2 Å². The molecule has 0 aromatic carbocycles. The van der Waals surface area contributed by atoms with Crippen molar-refractivity contribution in [2.24, 2.45) is 0 Å². The molecule has 3 amide bonds. The summed E-state index contributed by atoms with van der Waals surface area (Å²) < 4.78 is 54.3. The molecule has 1 atom stereocenters. The number of urea groups is 1. The van der Waals surface area contributed by atoms with Crippen LogP contribution in [0.3, 0.4) is 0 Å². The van der Waals surface area contributed by atoms with Crippen molar-refractivity contribution in [2.75, 3.05) is 18.1 Å². The average molecular weight is 647 g/mol. The first kappa shape index (κ1) is 31.4. The maximum absolute atomic E-state index is 13.6. The van der Waals surface area contributed by atoms with Gasteiger partial charge in [-0.3, -0.25) is 19.6 Å². The number of carbonyl (C=O) groups excluding carboxylic acids is 2. The number of carbonyl (C=O) groups is 2. The summed E-state index contributed by atoms with van der Waals surface area (Å²) in [6, 6.07) is 2.98. The molecule has 2 saturated carbocycles. The molecule has 1 N–H and O–H groups in total. The fourth-order valence-corrected chi connectivity index (χ4v) is 7.58. The van der Waals surface area contributed by atoms with Gasteiger partial charge in [-0.05, 0) is 50.8 Å². The lowest BCUT2D eigenvalue weighted by Gasteiger charge is -2.34. The maximum atomic E-state index is 13.6. The Labute approximate surface area is 259 Å². The lowest BCUT2D eigenvalue weighted by atomic mass is 9.91. The van der Waals surface area contributed by atoms with Crippen molar-refractivity contribution in [1.29, 1.82) is 0 Å². The summed E-state index contributed by atoms with van der Waals surface area (Å²) in [7, 11) is -1.28. The number of aliphatic hydroxyl groups excluding tert-OH is 1. The zero-order valence-corrected chi connectivity index (χ0v) is 26.7. The zero-order chi connectivity index (χ0) is 32.4. The van der Waals surface area contributed by atoms with Crippen LogP contribution >= 0.6 is 0 Å². The van der Waals surface area contributed by atoms with E-state index >= 15 is 0 Å². The predicted molar refractivity (Wildman–Crippen MR) is 160 cm³/mol. The molecule has 11 nitrogen and oxygen atoms in total. The summed E-state index contributed by atoms with van der Waals surface area (Å²) in [5, 5.41) is 11.2. The average Bonchev–Trinajstić information content (AvgIpc) is 3.70. The highest BCUT2D eigenvalue weighted by Crippen LogP contribution is 2.56. The van der Waals surface area contributed by atoms with Crippen LogP contribution in [0.4, 0.5) is 23.7 Å². The van der Waals surface area contributed by atoms with Gasteiger partial charge in [0, 0.05) is 27.3 Å². The van der Waals surface area contributed by atoms with Gasteiger partial charge in [-0.1, -0.05) is 19.6 Å². The Bertz CT molecular complexity index is 1630. The van der Waals surface area contributed by atoms with Crippen molar-refractivity contribution < 1.29 is 37.3 Å². The van der Waals surface area contributed by atoms with Gasteiger partial charge in [-0.15, -0.1) is 0 Å². The number of hydrogen-bond acceptors (Lipinski definition) is 8. The Morgan fingerprint density at radius 1 is 1.09 bits per heavy atom. The number of amides is 3. The molecule has 2 bridgehead atoms. The topological polar surface area (TPSA) is 123 Å². The number of aliphatic hydroxyl groups is 1. The smallest absolute Gasteiger partial charge is 0.417 e. The minimum absolute atomic E-state index is 0.0770. The molecule has 45 heavy (non-hydrogen) atoms. The third-order valence-electron chi connectivity index (χ3n) is 9.19. The quantitative estimate of drug-likeness (QED) is 0.174. The molecule has 242 valence electrons. The standard InChI is InChI=1S/C30H37F3N6O5Si/c1-19(40)23-12-22-25(38(23)18-43-9-10-45(2,3)4)35-17-36-26(22)44-29-7-5-28(16-29,6-8-29)39-24(41)15-37(27(39)42)21-11-20(13-34-14-21)30(31,32)33/h11-14,17,19,40H,5-10,15-16,18H2,1-4H3. The number of ether oxygens (including phenoxy) is 2. The SMILES string of the molecule is CC(O)c1cc2c(OC34CCC(N5C(=O)CN(c6cncc(C(F)(F)F)c6)C5=O)(CC3)C4)ncnc2n1COCC[Si](C)(C)C. The summed E-state index contributed by atoms with van der Waals surface area (Å²) in [5.41, 5.74) is -1.40. The summed E-state index contributed by atoms with van der Waals surface area (Å²) in [6.45, 7) is 8.96. The van der Waals surface area contributed by atoms with E-state index in [-0.39, 0.29) is 19.0 Å². The first-order valence-corrected chi connectivity index (χ1v) is 18.8. The van der Waals surface area contributed by atoms with Crippen LogP contribution in [0.15, 0.2) is 30.9 Å². The molecule has 0 spiro atoms. The largest absolute Gasteiger partial charge is 0.470 e. The molecule has 0 radical (unpaired) electrons. The minimum Gasteiger partial charge on any atom is -0.470 e. The maximum Gasteiger partial charge on any atom is 0.417 e. The first-order valence-electron chi connectivity index (χ1n) is 15.1. The number of rotatable bonds is 10. The number of imide groups is 1. The number of aromatic nitrogens is 4. The molecule has 3 aliphatic rings. The van der Waals surface area contributed by atoms with Gasteiger partial charge in [-0.25, -0.2) is 14.8 Å². The number of alkyl halides is 3. The molecule has 2 aliphatic carbocycles. The van der Waals surface area contributed by atoms with Gasteiger partial charge in [0.2, 0.25) is 5.88 Å². The summed E-state index contributed by atoms with van der Waals surface area (Å²) in [5.74, 6) is -0.122. The van der Waals surface area contributed by atoms with E-state index in [9.17, 15) is 27.9 Å². The number of anilines is 1. The number of hydrogen-bond donors (Lipinski definition) is 1. The van der Waals surface area contributed by atoms with Crippen molar-refractivity contribution >= 4 is 36.7 Å². The molecule has 15 heteroatoms. The molecule has 4 heterocycles. The molecule has 1 saturated heterocycles. The lowest BCUT2D eigenvalue weighted by Crippen LogP contribution is -2.49. The van der Waals surface area contributed by atoms with Crippen LogP contribution in [0, 0.1) is 0 Å². The molecule has 6 rings (SSSR count). The van der Waals surface area contributed by atoms with Crippen LogP contribution in [0.1, 0.15) is 56.4 Å². The number of nitrogens with zero attached hydrogens (tertiary/aromatic N) is 6.